The van der Waals surface area contributed by atoms with Crippen molar-refractivity contribution in [3.63, 3.8) is 0 Å². The second-order valence-corrected chi connectivity index (χ2v) is 8.13. The molecule has 0 aliphatic heterocycles. The molecule has 0 saturated heterocycles. The molecular formula is C21H19FN4O4S. The van der Waals surface area contributed by atoms with E-state index in [9.17, 15) is 22.4 Å². The molecule has 0 spiro atoms. The lowest BCUT2D eigenvalue weighted by molar-refractivity contribution is -0.123. The van der Waals surface area contributed by atoms with E-state index in [4.69, 9.17) is 0 Å². The third-order valence-electron chi connectivity index (χ3n) is 4.22. The van der Waals surface area contributed by atoms with Gasteiger partial charge in [-0.05, 0) is 36.2 Å². The molecule has 0 radical (unpaired) electrons. The molecule has 31 heavy (non-hydrogen) atoms. The number of nitrogens with one attached hydrogen (secondary N) is 3. The Balaban J connectivity index is 1.78. The second-order valence-electron chi connectivity index (χ2n) is 6.45. The van der Waals surface area contributed by atoms with Crippen LogP contribution in [-0.2, 0) is 21.2 Å². The molecule has 3 rings (SSSR count). The normalized spacial score (nSPS) is 12.0. The molecule has 1 unspecified atom stereocenters. The van der Waals surface area contributed by atoms with Gasteiger partial charge in [0.2, 0.25) is 10.0 Å². The number of hydrogen-bond donors (Lipinski definition) is 3. The summed E-state index contributed by atoms with van der Waals surface area (Å²) in [6.07, 6.45) is 1.39. The monoisotopic (exact) mass is 442 g/mol. The lowest BCUT2D eigenvalue weighted by Gasteiger charge is -2.19. The number of carbonyl (C=O) groups excluding carboxylic acids is 2. The molecule has 160 valence electrons. The van der Waals surface area contributed by atoms with Crippen LogP contribution in [0.2, 0.25) is 0 Å². The van der Waals surface area contributed by atoms with E-state index in [1.54, 1.807) is 42.5 Å². The molecule has 8 nitrogen and oxygen atoms in total. The molecule has 0 fully saturated rings. The van der Waals surface area contributed by atoms with Crippen molar-refractivity contribution < 1.29 is 22.4 Å². The molecule has 1 aromatic heterocycles. The molecule has 1 heterocycles. The Hall–Kier alpha value is -3.63. The van der Waals surface area contributed by atoms with E-state index in [0.717, 1.165) is 12.1 Å². The predicted octanol–water partition coefficient (Wildman–Crippen LogP) is 1.57. The molecule has 0 saturated carbocycles. The van der Waals surface area contributed by atoms with Gasteiger partial charge in [-0.2, -0.15) is 4.72 Å². The first kappa shape index (κ1) is 22.1. The van der Waals surface area contributed by atoms with Gasteiger partial charge in [0, 0.05) is 6.20 Å². The maximum atomic E-state index is 14.0. The van der Waals surface area contributed by atoms with Crippen LogP contribution in [0.4, 0.5) is 4.39 Å². The summed E-state index contributed by atoms with van der Waals surface area (Å²) in [5.41, 5.74) is 5.11. The number of nitrogens with zero attached hydrogens (tertiary/aromatic N) is 1. The topological polar surface area (TPSA) is 117 Å². The lowest BCUT2D eigenvalue weighted by Crippen LogP contribution is -2.53. The van der Waals surface area contributed by atoms with Crippen molar-refractivity contribution in [2.24, 2.45) is 0 Å². The van der Waals surface area contributed by atoms with Crippen LogP contribution in [0.15, 0.2) is 83.9 Å². The minimum Gasteiger partial charge on any atom is -0.271 e. The van der Waals surface area contributed by atoms with Gasteiger partial charge < -0.3 is 0 Å². The molecule has 2 amide bonds. The van der Waals surface area contributed by atoms with Gasteiger partial charge in [0.25, 0.3) is 11.8 Å². The number of benzene rings is 2. The summed E-state index contributed by atoms with van der Waals surface area (Å²) in [4.78, 5) is 28.1. The Morgan fingerprint density at radius 2 is 1.58 bits per heavy atom. The number of halogens is 1. The van der Waals surface area contributed by atoms with Gasteiger partial charge in [-0.3, -0.25) is 25.4 Å². The molecule has 3 aromatic rings. The fraction of sp³-hybridized carbons (Fsp3) is 0.0952. The Kier molecular flexibility index (Phi) is 7.06. The zero-order valence-electron chi connectivity index (χ0n) is 16.2. The summed E-state index contributed by atoms with van der Waals surface area (Å²) in [6.45, 7) is 0. The van der Waals surface area contributed by atoms with Crippen molar-refractivity contribution in [2.75, 3.05) is 0 Å². The lowest BCUT2D eigenvalue weighted by atomic mass is 10.1. The van der Waals surface area contributed by atoms with Crippen LogP contribution in [0, 0.1) is 5.82 Å². The second kappa shape index (κ2) is 9.92. The van der Waals surface area contributed by atoms with Crippen molar-refractivity contribution >= 4 is 21.8 Å². The first-order valence-electron chi connectivity index (χ1n) is 9.19. The average molecular weight is 442 g/mol. The first-order chi connectivity index (χ1) is 14.9. The highest BCUT2D eigenvalue weighted by atomic mass is 32.2. The van der Waals surface area contributed by atoms with Crippen molar-refractivity contribution in [3.05, 3.63) is 96.1 Å². The third kappa shape index (κ3) is 5.93. The van der Waals surface area contributed by atoms with E-state index in [1.165, 1.54) is 24.4 Å². The van der Waals surface area contributed by atoms with E-state index >= 15 is 0 Å². The zero-order chi connectivity index (χ0) is 22.3. The van der Waals surface area contributed by atoms with E-state index in [-0.39, 0.29) is 12.1 Å². The Morgan fingerprint density at radius 3 is 2.26 bits per heavy atom. The number of sulfonamides is 1. The van der Waals surface area contributed by atoms with Gasteiger partial charge in [0.1, 0.15) is 22.4 Å². The van der Waals surface area contributed by atoms with Crippen molar-refractivity contribution in [2.45, 2.75) is 17.4 Å². The van der Waals surface area contributed by atoms with Crippen LogP contribution < -0.4 is 15.6 Å². The van der Waals surface area contributed by atoms with E-state index in [1.807, 2.05) is 0 Å². The number of rotatable bonds is 7. The Labute approximate surface area is 178 Å². The highest BCUT2D eigenvalue weighted by Crippen LogP contribution is 2.15. The van der Waals surface area contributed by atoms with E-state index in [2.05, 4.69) is 20.6 Å². The van der Waals surface area contributed by atoms with Crippen molar-refractivity contribution in [1.29, 1.82) is 0 Å². The fourth-order valence-corrected chi connectivity index (χ4v) is 3.99. The number of aromatic nitrogens is 1. The molecule has 2 aromatic carbocycles. The van der Waals surface area contributed by atoms with Gasteiger partial charge in [0.15, 0.2) is 0 Å². The minimum atomic E-state index is -4.36. The number of hydrazine groups is 1. The van der Waals surface area contributed by atoms with Crippen LogP contribution in [0.5, 0.6) is 0 Å². The van der Waals surface area contributed by atoms with Gasteiger partial charge >= 0.3 is 0 Å². The van der Waals surface area contributed by atoms with Crippen LogP contribution in [0.3, 0.4) is 0 Å². The minimum absolute atomic E-state index is 0.0280. The van der Waals surface area contributed by atoms with Crippen LogP contribution in [-0.4, -0.2) is 31.3 Å². The summed E-state index contributed by atoms with van der Waals surface area (Å²) in [6, 6.07) is 16.9. The van der Waals surface area contributed by atoms with E-state index in [0.29, 0.717) is 5.56 Å². The average Bonchev–Trinajstić information content (AvgIpc) is 2.78. The molecule has 1 atom stereocenters. The highest BCUT2D eigenvalue weighted by Gasteiger charge is 2.28. The quantitative estimate of drug-likeness (QED) is 0.480. The zero-order valence-corrected chi connectivity index (χ0v) is 17.0. The Bertz CT molecular complexity index is 1160. The number of amides is 2. The molecule has 10 heteroatoms. The molecule has 0 aliphatic rings. The maximum Gasteiger partial charge on any atom is 0.288 e. The largest absolute Gasteiger partial charge is 0.288 e. The standard InChI is InChI=1S/C21H19FN4O4S/c22-16-10-4-5-12-19(16)31(29,30)26-18(14-15-8-2-1-3-9-15)21(28)25-24-20(27)17-11-6-7-13-23-17/h1-13,18,26H,14H2,(H,24,27)(H,25,28). The first-order valence-corrected chi connectivity index (χ1v) is 10.7. The van der Waals surface area contributed by atoms with E-state index < -0.39 is 38.6 Å². The summed E-state index contributed by atoms with van der Waals surface area (Å²) >= 11 is 0. The third-order valence-corrected chi connectivity index (χ3v) is 5.72. The SMILES string of the molecule is O=C(NNC(=O)C(Cc1ccccc1)NS(=O)(=O)c1ccccc1F)c1ccccn1. The molecule has 3 N–H and O–H groups in total. The van der Waals surface area contributed by atoms with Gasteiger partial charge in [-0.25, -0.2) is 12.8 Å². The summed E-state index contributed by atoms with van der Waals surface area (Å²) < 4.78 is 41.6. The maximum absolute atomic E-state index is 14.0. The smallest absolute Gasteiger partial charge is 0.271 e. The number of hydrogen-bond acceptors (Lipinski definition) is 5. The van der Waals surface area contributed by atoms with Gasteiger partial charge in [0.05, 0.1) is 0 Å². The summed E-state index contributed by atoms with van der Waals surface area (Å²) in [5.74, 6) is -2.45. The van der Waals surface area contributed by atoms with Gasteiger partial charge in [-0.15, -0.1) is 0 Å². The van der Waals surface area contributed by atoms with Crippen molar-refractivity contribution in [3.8, 4) is 0 Å². The number of carbonyl (C=O) groups is 2. The van der Waals surface area contributed by atoms with Crippen LogP contribution in [0.1, 0.15) is 16.1 Å². The summed E-state index contributed by atoms with van der Waals surface area (Å²) in [7, 11) is -4.36. The summed E-state index contributed by atoms with van der Waals surface area (Å²) in [5, 5.41) is 0. The van der Waals surface area contributed by atoms with Crippen molar-refractivity contribution in [1.82, 2.24) is 20.6 Å². The number of pyridine rings is 1. The molecule has 0 bridgehead atoms. The Morgan fingerprint density at radius 1 is 0.903 bits per heavy atom. The predicted molar refractivity (Wildman–Crippen MR) is 111 cm³/mol. The fourth-order valence-electron chi connectivity index (χ4n) is 2.72. The highest BCUT2D eigenvalue weighted by molar-refractivity contribution is 7.89. The molecule has 0 aliphatic carbocycles. The van der Waals surface area contributed by atoms with Gasteiger partial charge in [-0.1, -0.05) is 48.5 Å². The molecular weight excluding hydrogens is 423 g/mol. The van der Waals surface area contributed by atoms with Crippen LogP contribution in [0.25, 0.3) is 0 Å². The van der Waals surface area contributed by atoms with Crippen LogP contribution >= 0.6 is 0 Å².